The third kappa shape index (κ3) is 4.46. The van der Waals surface area contributed by atoms with E-state index in [0.29, 0.717) is 34.8 Å². The molecule has 7 nitrogen and oxygen atoms in total. The van der Waals surface area contributed by atoms with Gasteiger partial charge in [0.2, 0.25) is 11.2 Å². The Morgan fingerprint density at radius 1 is 1.18 bits per heavy atom. The molecule has 2 heterocycles. The average Bonchev–Trinajstić information content (AvgIpc) is 2.82. The number of hydrogen-bond acceptors (Lipinski definition) is 7. The van der Waals surface area contributed by atoms with Crippen molar-refractivity contribution in [1.29, 1.82) is 0 Å². The van der Waals surface area contributed by atoms with Crippen molar-refractivity contribution in [2.75, 3.05) is 20.3 Å². The largest absolute Gasteiger partial charge is 0.507 e. The number of phenols is 1. The van der Waals surface area contributed by atoms with Crippen LogP contribution in [0.3, 0.4) is 0 Å². The topological polar surface area (TPSA) is 89.2 Å². The number of carbonyl (C=O) groups excluding carboxylic acids is 1. The summed E-state index contributed by atoms with van der Waals surface area (Å²) in [6.45, 7) is 5.32. The monoisotopic (exact) mass is 451 g/mol. The first-order valence-electron chi connectivity index (χ1n) is 11.3. The highest BCUT2D eigenvalue weighted by Gasteiger charge is 2.27. The molecule has 0 aliphatic carbocycles. The van der Waals surface area contributed by atoms with E-state index in [2.05, 4.69) is 11.8 Å². The Morgan fingerprint density at radius 2 is 1.94 bits per heavy atom. The number of rotatable bonds is 6. The van der Waals surface area contributed by atoms with Gasteiger partial charge in [-0.3, -0.25) is 9.69 Å². The molecule has 33 heavy (non-hydrogen) atoms. The third-order valence-corrected chi connectivity index (χ3v) is 6.28. The van der Waals surface area contributed by atoms with Crippen LogP contribution in [0, 0.1) is 0 Å². The molecule has 1 aliphatic rings. The fourth-order valence-corrected chi connectivity index (χ4v) is 4.41. The van der Waals surface area contributed by atoms with E-state index in [9.17, 15) is 14.7 Å². The van der Waals surface area contributed by atoms with E-state index in [0.717, 1.165) is 19.4 Å². The SMILES string of the molecule is CCOC(=O)c1oc2c(CN3CCCC[C@@H]3C)c(O)ccc2c(=O)c1-c1ccc(OC)cc1. The zero-order valence-electron chi connectivity index (χ0n) is 19.2. The summed E-state index contributed by atoms with van der Waals surface area (Å²) >= 11 is 0. The lowest BCUT2D eigenvalue weighted by molar-refractivity contribution is 0.0491. The molecule has 1 atom stereocenters. The summed E-state index contributed by atoms with van der Waals surface area (Å²) in [4.78, 5) is 28.7. The second-order valence-corrected chi connectivity index (χ2v) is 8.34. The van der Waals surface area contributed by atoms with Gasteiger partial charge in [0.1, 0.15) is 17.1 Å². The average molecular weight is 452 g/mol. The lowest BCUT2D eigenvalue weighted by Gasteiger charge is -2.33. The van der Waals surface area contributed by atoms with Crippen LogP contribution in [-0.4, -0.2) is 42.3 Å². The van der Waals surface area contributed by atoms with E-state index in [1.807, 2.05) is 0 Å². The highest BCUT2D eigenvalue weighted by Crippen LogP contribution is 2.33. The molecule has 7 heteroatoms. The van der Waals surface area contributed by atoms with Crippen molar-refractivity contribution in [1.82, 2.24) is 4.90 Å². The van der Waals surface area contributed by atoms with Gasteiger partial charge in [0, 0.05) is 12.6 Å². The standard InChI is InChI=1S/C26H29NO6/c1-4-32-26(30)25-22(17-8-10-18(31-3)11-9-17)23(29)19-12-13-21(28)20(24(19)33-25)15-27-14-6-5-7-16(27)2/h8-13,16,28H,4-7,14-15H2,1-3H3/t16-/m0/s1. The first-order valence-corrected chi connectivity index (χ1v) is 11.3. The Bertz CT molecular complexity index is 1210. The van der Waals surface area contributed by atoms with E-state index in [4.69, 9.17) is 13.9 Å². The van der Waals surface area contributed by atoms with Crippen molar-refractivity contribution in [3.8, 4) is 22.6 Å². The molecule has 0 spiro atoms. The first kappa shape index (κ1) is 22.9. The summed E-state index contributed by atoms with van der Waals surface area (Å²) in [6, 6.07) is 10.3. The number of phenolic OH excluding ortho intramolecular Hbond substituents is 1. The van der Waals surface area contributed by atoms with Crippen molar-refractivity contribution in [2.45, 2.75) is 45.7 Å². The second kappa shape index (κ2) is 9.67. The molecule has 0 saturated carbocycles. The fraction of sp³-hybridized carbons (Fsp3) is 0.385. The van der Waals surface area contributed by atoms with Gasteiger partial charge in [-0.05, 0) is 63.1 Å². The number of ether oxygens (including phenoxy) is 2. The number of fused-ring (bicyclic) bond motifs is 1. The summed E-state index contributed by atoms with van der Waals surface area (Å²) in [7, 11) is 1.56. The number of esters is 1. The summed E-state index contributed by atoms with van der Waals surface area (Å²) in [5.74, 6) is -0.221. The number of nitrogens with zero attached hydrogens (tertiary/aromatic N) is 1. The molecular formula is C26H29NO6. The van der Waals surface area contributed by atoms with Crippen LogP contribution in [0.4, 0.5) is 0 Å². The number of carbonyl (C=O) groups is 1. The highest BCUT2D eigenvalue weighted by molar-refractivity contribution is 5.98. The van der Waals surface area contributed by atoms with Crippen LogP contribution in [0.1, 0.15) is 49.2 Å². The molecule has 2 aromatic carbocycles. The summed E-state index contributed by atoms with van der Waals surface area (Å²) in [5, 5.41) is 11.0. The molecule has 1 fully saturated rings. The molecule has 1 saturated heterocycles. The van der Waals surface area contributed by atoms with E-state index >= 15 is 0 Å². The predicted molar refractivity (Wildman–Crippen MR) is 126 cm³/mol. The minimum absolute atomic E-state index is 0.0374. The molecule has 1 aliphatic heterocycles. The molecule has 0 radical (unpaired) electrons. The Kier molecular flexibility index (Phi) is 6.70. The maximum atomic E-state index is 13.6. The van der Waals surface area contributed by atoms with Crippen molar-refractivity contribution < 1.29 is 23.8 Å². The van der Waals surface area contributed by atoms with Crippen LogP contribution in [0.2, 0.25) is 0 Å². The summed E-state index contributed by atoms with van der Waals surface area (Å²) in [5.41, 5.74) is 1.03. The van der Waals surface area contributed by atoms with Gasteiger partial charge >= 0.3 is 5.97 Å². The highest BCUT2D eigenvalue weighted by atomic mass is 16.5. The summed E-state index contributed by atoms with van der Waals surface area (Å²) in [6.07, 6.45) is 3.33. The van der Waals surface area contributed by atoms with Gasteiger partial charge in [-0.15, -0.1) is 0 Å². The number of piperidine rings is 1. The Hall–Kier alpha value is -3.32. The van der Waals surface area contributed by atoms with Crippen molar-refractivity contribution in [3.63, 3.8) is 0 Å². The van der Waals surface area contributed by atoms with Gasteiger partial charge < -0.3 is 19.0 Å². The Balaban J connectivity index is 1.92. The second-order valence-electron chi connectivity index (χ2n) is 8.34. The predicted octanol–water partition coefficient (Wildman–Crippen LogP) is 4.73. The van der Waals surface area contributed by atoms with E-state index in [1.54, 1.807) is 44.4 Å². The van der Waals surface area contributed by atoms with Gasteiger partial charge in [0.25, 0.3) is 0 Å². The lowest BCUT2D eigenvalue weighted by atomic mass is 9.99. The van der Waals surface area contributed by atoms with Crippen LogP contribution in [0.25, 0.3) is 22.1 Å². The van der Waals surface area contributed by atoms with Crippen LogP contribution < -0.4 is 10.2 Å². The Morgan fingerprint density at radius 3 is 2.61 bits per heavy atom. The van der Waals surface area contributed by atoms with Crippen molar-refractivity contribution in [3.05, 3.63) is 57.9 Å². The fourth-order valence-electron chi connectivity index (χ4n) is 4.41. The van der Waals surface area contributed by atoms with Gasteiger partial charge in [0.15, 0.2) is 0 Å². The number of benzene rings is 2. The molecule has 1 N–H and O–H groups in total. The van der Waals surface area contributed by atoms with Gasteiger partial charge in [-0.2, -0.15) is 0 Å². The molecule has 3 aromatic rings. The number of aromatic hydroxyl groups is 1. The van der Waals surface area contributed by atoms with E-state index < -0.39 is 5.97 Å². The maximum Gasteiger partial charge on any atom is 0.375 e. The van der Waals surface area contributed by atoms with Crippen LogP contribution in [0.15, 0.2) is 45.6 Å². The molecule has 4 rings (SSSR count). The zero-order chi connectivity index (χ0) is 23.5. The molecule has 1 aromatic heterocycles. The molecule has 0 bridgehead atoms. The lowest BCUT2D eigenvalue weighted by Crippen LogP contribution is -2.36. The quantitative estimate of drug-likeness (QED) is 0.542. The van der Waals surface area contributed by atoms with Crippen LogP contribution >= 0.6 is 0 Å². The van der Waals surface area contributed by atoms with Crippen LogP contribution in [0.5, 0.6) is 11.5 Å². The number of likely N-dealkylation sites (tertiary alicyclic amines) is 1. The Labute approximate surface area is 192 Å². The minimum Gasteiger partial charge on any atom is -0.507 e. The van der Waals surface area contributed by atoms with Gasteiger partial charge in [-0.25, -0.2) is 4.79 Å². The number of methoxy groups -OCH3 is 1. The first-order chi connectivity index (χ1) is 15.9. The van der Waals surface area contributed by atoms with Crippen molar-refractivity contribution >= 4 is 16.9 Å². The summed E-state index contributed by atoms with van der Waals surface area (Å²) < 4.78 is 16.5. The molecule has 0 amide bonds. The van der Waals surface area contributed by atoms with E-state index in [1.165, 1.54) is 12.5 Å². The maximum absolute atomic E-state index is 13.6. The van der Waals surface area contributed by atoms with Crippen LogP contribution in [-0.2, 0) is 11.3 Å². The molecule has 174 valence electrons. The number of hydrogen-bond donors (Lipinski definition) is 1. The molecule has 0 unspecified atom stereocenters. The molecular weight excluding hydrogens is 422 g/mol. The van der Waals surface area contributed by atoms with Crippen molar-refractivity contribution in [2.24, 2.45) is 0 Å². The van der Waals surface area contributed by atoms with Gasteiger partial charge in [0.05, 0.1) is 30.2 Å². The normalized spacial score (nSPS) is 16.6. The minimum atomic E-state index is -0.719. The van der Waals surface area contributed by atoms with E-state index in [-0.39, 0.29) is 34.7 Å². The zero-order valence-corrected chi connectivity index (χ0v) is 19.2. The third-order valence-electron chi connectivity index (χ3n) is 6.28. The van der Waals surface area contributed by atoms with Gasteiger partial charge in [-0.1, -0.05) is 18.6 Å². The smallest absolute Gasteiger partial charge is 0.375 e.